The van der Waals surface area contributed by atoms with Crippen LogP contribution in [0.25, 0.3) is 0 Å². The first-order chi connectivity index (χ1) is 16.9. The highest BCUT2D eigenvalue weighted by Gasteiger charge is 2.24. The molecule has 0 bridgehead atoms. The van der Waals surface area contributed by atoms with Crippen LogP contribution in [-0.4, -0.2) is 28.9 Å². The minimum absolute atomic E-state index is 0.0510. The number of nitro benzene ring substituents is 1. The monoisotopic (exact) mass is 477 g/mol. The van der Waals surface area contributed by atoms with E-state index in [-0.39, 0.29) is 17.1 Å². The number of nitrogens with one attached hydrogen (secondary N) is 2. The number of hydrogen-bond acceptors (Lipinski definition) is 6. The summed E-state index contributed by atoms with van der Waals surface area (Å²) in [6.45, 7) is 3.59. The van der Waals surface area contributed by atoms with Crippen molar-refractivity contribution >= 4 is 28.9 Å². The van der Waals surface area contributed by atoms with Crippen LogP contribution in [0.4, 0.5) is 17.1 Å². The maximum absolute atomic E-state index is 12.8. The quantitative estimate of drug-likeness (QED) is 0.290. The number of para-hydroxylation sites is 2. The van der Waals surface area contributed by atoms with E-state index < -0.39 is 28.9 Å². The second-order valence-corrected chi connectivity index (χ2v) is 7.62. The maximum Gasteiger partial charge on any atom is 0.292 e. The molecule has 0 heterocycles. The van der Waals surface area contributed by atoms with Gasteiger partial charge in [-0.25, -0.2) is 0 Å². The Morgan fingerprint density at radius 1 is 0.800 bits per heavy atom. The zero-order valence-electron chi connectivity index (χ0n) is 19.5. The lowest BCUT2D eigenvalue weighted by atomic mass is 10.2. The van der Waals surface area contributed by atoms with Gasteiger partial charge in [0, 0.05) is 11.8 Å². The van der Waals surface area contributed by atoms with Gasteiger partial charge in [-0.2, -0.15) is 0 Å². The van der Waals surface area contributed by atoms with Gasteiger partial charge in [0.15, 0.2) is 12.2 Å². The molecule has 0 fully saturated rings. The van der Waals surface area contributed by atoms with Crippen molar-refractivity contribution in [2.45, 2.75) is 38.9 Å². The molecule has 3 aromatic carbocycles. The number of carbonyl (C=O) groups is 2. The Morgan fingerprint density at radius 2 is 1.29 bits per heavy atom. The van der Waals surface area contributed by atoms with Crippen LogP contribution in [-0.2, 0) is 9.59 Å². The molecule has 9 nitrogen and oxygen atoms in total. The number of anilines is 2. The second-order valence-electron chi connectivity index (χ2n) is 7.62. The summed E-state index contributed by atoms with van der Waals surface area (Å²) >= 11 is 0. The molecule has 0 aromatic heterocycles. The third-order valence-electron chi connectivity index (χ3n) is 5.09. The highest BCUT2D eigenvalue weighted by Crippen LogP contribution is 2.29. The molecule has 2 amide bonds. The van der Waals surface area contributed by atoms with E-state index in [1.54, 1.807) is 55.5 Å². The topological polar surface area (TPSA) is 120 Å². The molecule has 0 saturated heterocycles. The van der Waals surface area contributed by atoms with Crippen LogP contribution < -0.4 is 20.1 Å². The van der Waals surface area contributed by atoms with Crippen molar-refractivity contribution < 1.29 is 24.0 Å². The average molecular weight is 478 g/mol. The predicted octanol–water partition coefficient (Wildman–Crippen LogP) is 5.19. The second kappa shape index (κ2) is 12.2. The summed E-state index contributed by atoms with van der Waals surface area (Å²) in [5.41, 5.74) is -0.0773. The zero-order chi connectivity index (χ0) is 25.2. The van der Waals surface area contributed by atoms with E-state index in [9.17, 15) is 19.7 Å². The summed E-state index contributed by atoms with van der Waals surface area (Å²) in [7, 11) is 0. The first-order valence-electron chi connectivity index (χ1n) is 11.2. The van der Waals surface area contributed by atoms with Gasteiger partial charge in [-0.3, -0.25) is 19.7 Å². The minimum atomic E-state index is -0.862. The number of nitro groups is 1. The SMILES string of the molecule is CC[C@@H](Oc1ccccc1)C(=O)Nc1ccc([N+](=O)[O-])c(NC(=O)[C@@H](CC)Oc2ccccc2)c1. The molecule has 35 heavy (non-hydrogen) atoms. The number of amides is 2. The van der Waals surface area contributed by atoms with Crippen molar-refractivity contribution in [3.8, 4) is 11.5 Å². The van der Waals surface area contributed by atoms with Crippen molar-refractivity contribution in [3.05, 3.63) is 89.0 Å². The van der Waals surface area contributed by atoms with Crippen molar-refractivity contribution in [2.75, 3.05) is 10.6 Å². The number of benzene rings is 3. The fourth-order valence-electron chi connectivity index (χ4n) is 3.28. The first-order valence-corrected chi connectivity index (χ1v) is 11.2. The molecular weight excluding hydrogens is 450 g/mol. The summed E-state index contributed by atoms with van der Waals surface area (Å²) < 4.78 is 11.5. The minimum Gasteiger partial charge on any atom is -0.481 e. The largest absolute Gasteiger partial charge is 0.481 e. The Balaban J connectivity index is 1.75. The number of ether oxygens (including phenoxy) is 2. The smallest absolute Gasteiger partial charge is 0.292 e. The first kappa shape index (κ1) is 25.2. The summed E-state index contributed by atoms with van der Waals surface area (Å²) in [6.07, 6.45) is -0.875. The number of nitrogens with zero attached hydrogens (tertiary/aromatic N) is 1. The van der Waals surface area contributed by atoms with Crippen LogP contribution in [0.15, 0.2) is 78.9 Å². The molecule has 0 spiro atoms. The molecular formula is C26H27N3O6. The van der Waals surface area contributed by atoms with Gasteiger partial charge in [-0.1, -0.05) is 50.2 Å². The highest BCUT2D eigenvalue weighted by atomic mass is 16.6. The van der Waals surface area contributed by atoms with Crippen LogP contribution >= 0.6 is 0 Å². The van der Waals surface area contributed by atoms with Gasteiger partial charge in [0.1, 0.15) is 17.2 Å². The molecule has 0 aliphatic carbocycles. The predicted molar refractivity (Wildman–Crippen MR) is 133 cm³/mol. The fourth-order valence-corrected chi connectivity index (χ4v) is 3.28. The summed E-state index contributed by atoms with van der Waals surface area (Å²) in [4.78, 5) is 36.6. The lowest BCUT2D eigenvalue weighted by Gasteiger charge is -2.19. The molecule has 182 valence electrons. The van der Waals surface area contributed by atoms with Gasteiger partial charge in [-0.15, -0.1) is 0 Å². The van der Waals surface area contributed by atoms with Crippen molar-refractivity contribution in [1.82, 2.24) is 0 Å². The molecule has 0 saturated carbocycles. The van der Waals surface area contributed by atoms with E-state index in [1.807, 2.05) is 19.1 Å². The van der Waals surface area contributed by atoms with Crippen molar-refractivity contribution in [3.63, 3.8) is 0 Å². The van der Waals surface area contributed by atoms with E-state index in [4.69, 9.17) is 9.47 Å². The van der Waals surface area contributed by atoms with Gasteiger partial charge in [-0.05, 0) is 49.2 Å². The molecule has 3 rings (SSSR count). The third-order valence-corrected chi connectivity index (χ3v) is 5.09. The third kappa shape index (κ3) is 7.04. The average Bonchev–Trinajstić information content (AvgIpc) is 2.86. The lowest BCUT2D eigenvalue weighted by molar-refractivity contribution is -0.383. The van der Waals surface area contributed by atoms with Gasteiger partial charge < -0.3 is 20.1 Å². The van der Waals surface area contributed by atoms with Gasteiger partial charge in [0.25, 0.3) is 17.5 Å². The molecule has 9 heteroatoms. The van der Waals surface area contributed by atoms with Crippen LogP contribution in [0.3, 0.4) is 0 Å². The van der Waals surface area contributed by atoms with E-state index in [2.05, 4.69) is 10.6 Å². The van der Waals surface area contributed by atoms with Crippen LogP contribution in [0.2, 0.25) is 0 Å². The van der Waals surface area contributed by atoms with E-state index >= 15 is 0 Å². The van der Waals surface area contributed by atoms with E-state index in [0.717, 1.165) is 0 Å². The molecule has 0 aliphatic heterocycles. The Kier molecular flexibility index (Phi) is 8.77. The summed E-state index contributed by atoms with van der Waals surface area (Å²) in [5.74, 6) is 0.104. The summed E-state index contributed by atoms with van der Waals surface area (Å²) in [6, 6.07) is 21.7. The van der Waals surface area contributed by atoms with Crippen molar-refractivity contribution in [1.29, 1.82) is 0 Å². The van der Waals surface area contributed by atoms with Crippen LogP contribution in [0.5, 0.6) is 11.5 Å². The van der Waals surface area contributed by atoms with Gasteiger partial charge in [0.2, 0.25) is 0 Å². The van der Waals surface area contributed by atoms with Gasteiger partial charge in [0.05, 0.1) is 4.92 Å². The molecule has 0 radical (unpaired) electrons. The Labute approximate surface area is 203 Å². The van der Waals surface area contributed by atoms with Gasteiger partial charge >= 0.3 is 0 Å². The molecule has 3 aromatic rings. The number of rotatable bonds is 11. The molecule has 2 atom stereocenters. The number of carbonyl (C=O) groups excluding carboxylic acids is 2. The normalized spacial score (nSPS) is 12.2. The van der Waals surface area contributed by atoms with Crippen molar-refractivity contribution in [2.24, 2.45) is 0 Å². The standard InChI is InChI=1S/C26H27N3O6/c1-3-23(34-19-11-7-5-8-12-19)25(30)27-18-15-16-22(29(32)33)21(17-18)28-26(31)24(4-2)35-20-13-9-6-10-14-20/h5-17,23-24H,3-4H2,1-2H3,(H,27,30)(H,28,31)/t23-,24-/m1/s1. The van der Waals surface area contributed by atoms with E-state index in [1.165, 1.54) is 18.2 Å². The number of hydrogen-bond donors (Lipinski definition) is 2. The molecule has 2 N–H and O–H groups in total. The zero-order valence-corrected chi connectivity index (χ0v) is 19.5. The van der Waals surface area contributed by atoms with Crippen LogP contribution in [0, 0.1) is 10.1 Å². The molecule has 0 aliphatic rings. The Morgan fingerprint density at radius 3 is 1.74 bits per heavy atom. The maximum atomic E-state index is 12.8. The van der Waals surface area contributed by atoms with E-state index in [0.29, 0.717) is 24.3 Å². The summed E-state index contributed by atoms with van der Waals surface area (Å²) in [5, 5.41) is 16.8. The molecule has 0 unspecified atom stereocenters. The highest BCUT2D eigenvalue weighted by molar-refractivity contribution is 5.99. The Hall–Kier alpha value is -4.40. The van der Waals surface area contributed by atoms with Crippen LogP contribution in [0.1, 0.15) is 26.7 Å². The fraction of sp³-hybridized carbons (Fsp3) is 0.231. The Bertz CT molecular complexity index is 1150. The lowest BCUT2D eigenvalue weighted by Crippen LogP contribution is -2.33.